The number of aromatic nitrogens is 1. The number of carbonyl (C=O) groups excluding carboxylic acids is 1. The normalized spacial score (nSPS) is 11.1. The Labute approximate surface area is 107 Å². The van der Waals surface area contributed by atoms with Gasteiger partial charge in [0.05, 0.1) is 23.5 Å². The summed E-state index contributed by atoms with van der Waals surface area (Å²) >= 11 is 5.64. The molecule has 0 aliphatic rings. The first-order valence-corrected chi connectivity index (χ1v) is 5.84. The Morgan fingerprint density at radius 3 is 2.53 bits per heavy atom. The van der Waals surface area contributed by atoms with E-state index in [1.807, 2.05) is 20.8 Å². The maximum atomic E-state index is 11.8. The summed E-state index contributed by atoms with van der Waals surface area (Å²) in [7, 11) is 1.64. The van der Waals surface area contributed by atoms with E-state index in [1.54, 1.807) is 25.4 Å². The van der Waals surface area contributed by atoms with Crippen molar-refractivity contribution < 1.29 is 9.53 Å². The standard InChI is InChI=1S/C12H17ClN2O2/c1-12(2,3)17-11(16)15(4)10-6-5-9(7-13)14-8-10/h5-6,8H,7H2,1-4H3. The zero-order valence-electron chi connectivity index (χ0n) is 10.5. The van der Waals surface area contributed by atoms with E-state index in [4.69, 9.17) is 16.3 Å². The second kappa shape index (κ2) is 5.36. The molecule has 1 amide bonds. The van der Waals surface area contributed by atoms with E-state index in [2.05, 4.69) is 4.98 Å². The van der Waals surface area contributed by atoms with E-state index >= 15 is 0 Å². The molecule has 0 spiro atoms. The van der Waals surface area contributed by atoms with Crippen LogP contribution in [0.5, 0.6) is 0 Å². The van der Waals surface area contributed by atoms with Crippen LogP contribution >= 0.6 is 11.6 Å². The number of alkyl halides is 1. The van der Waals surface area contributed by atoms with Crippen molar-refractivity contribution in [1.82, 2.24) is 4.98 Å². The van der Waals surface area contributed by atoms with Crippen LogP contribution < -0.4 is 4.90 Å². The molecule has 0 N–H and O–H groups in total. The number of amides is 1. The quantitative estimate of drug-likeness (QED) is 0.763. The number of pyridine rings is 1. The van der Waals surface area contributed by atoms with Crippen LogP contribution in [0.4, 0.5) is 10.5 Å². The first kappa shape index (κ1) is 13.8. The van der Waals surface area contributed by atoms with Crippen molar-refractivity contribution >= 4 is 23.4 Å². The summed E-state index contributed by atoms with van der Waals surface area (Å²) < 4.78 is 5.24. The third-order valence-corrected chi connectivity index (χ3v) is 2.27. The summed E-state index contributed by atoms with van der Waals surface area (Å²) in [5.41, 5.74) is 0.940. The van der Waals surface area contributed by atoms with Crippen LogP contribution in [-0.4, -0.2) is 23.7 Å². The first-order chi connectivity index (χ1) is 7.83. The van der Waals surface area contributed by atoms with E-state index < -0.39 is 11.7 Å². The van der Waals surface area contributed by atoms with Crippen LogP contribution in [0.3, 0.4) is 0 Å². The Balaban J connectivity index is 2.74. The third kappa shape index (κ3) is 4.23. The monoisotopic (exact) mass is 256 g/mol. The molecule has 0 saturated carbocycles. The smallest absolute Gasteiger partial charge is 0.414 e. The summed E-state index contributed by atoms with van der Waals surface area (Å²) in [6, 6.07) is 3.57. The van der Waals surface area contributed by atoms with Gasteiger partial charge in [0.25, 0.3) is 0 Å². The summed E-state index contributed by atoms with van der Waals surface area (Å²) in [5.74, 6) is 0.358. The highest BCUT2D eigenvalue weighted by Gasteiger charge is 2.20. The van der Waals surface area contributed by atoms with Gasteiger partial charge in [0.2, 0.25) is 0 Å². The molecule has 0 fully saturated rings. The van der Waals surface area contributed by atoms with Gasteiger partial charge in [-0.15, -0.1) is 11.6 Å². The predicted octanol–water partition coefficient (Wildman–Crippen LogP) is 3.19. The summed E-state index contributed by atoms with van der Waals surface area (Å²) in [4.78, 5) is 17.3. The van der Waals surface area contributed by atoms with Crippen molar-refractivity contribution in [2.75, 3.05) is 11.9 Å². The Kier molecular flexibility index (Phi) is 4.34. The zero-order valence-corrected chi connectivity index (χ0v) is 11.3. The summed E-state index contributed by atoms with van der Waals surface area (Å²) in [5, 5.41) is 0. The summed E-state index contributed by atoms with van der Waals surface area (Å²) in [6.07, 6.45) is 1.19. The van der Waals surface area contributed by atoms with Gasteiger partial charge in [-0.1, -0.05) is 0 Å². The Bertz CT molecular complexity index is 384. The second-order valence-electron chi connectivity index (χ2n) is 4.68. The van der Waals surface area contributed by atoms with Gasteiger partial charge >= 0.3 is 6.09 Å². The molecule has 0 aromatic carbocycles. The minimum absolute atomic E-state index is 0.358. The van der Waals surface area contributed by atoms with E-state index in [9.17, 15) is 4.79 Å². The molecule has 0 atom stereocenters. The van der Waals surface area contributed by atoms with Crippen LogP contribution in [0.1, 0.15) is 26.5 Å². The van der Waals surface area contributed by atoms with E-state index in [0.29, 0.717) is 11.6 Å². The average molecular weight is 257 g/mol. The number of nitrogens with zero attached hydrogens (tertiary/aromatic N) is 2. The molecule has 0 unspecified atom stereocenters. The van der Waals surface area contributed by atoms with Crippen LogP contribution in [0.25, 0.3) is 0 Å². The van der Waals surface area contributed by atoms with Crippen LogP contribution in [-0.2, 0) is 10.6 Å². The molecule has 0 radical (unpaired) electrons. The SMILES string of the molecule is CN(C(=O)OC(C)(C)C)c1ccc(CCl)nc1. The Hall–Kier alpha value is -1.29. The zero-order chi connectivity index (χ0) is 13.1. The highest BCUT2D eigenvalue weighted by molar-refractivity contribution is 6.16. The number of anilines is 1. The molecule has 17 heavy (non-hydrogen) atoms. The molecule has 1 heterocycles. The molecule has 0 aliphatic carbocycles. The second-order valence-corrected chi connectivity index (χ2v) is 4.95. The largest absolute Gasteiger partial charge is 0.443 e. The molecule has 4 nitrogen and oxygen atoms in total. The lowest BCUT2D eigenvalue weighted by Crippen LogP contribution is -2.34. The van der Waals surface area contributed by atoms with E-state index in [0.717, 1.165) is 5.69 Å². The van der Waals surface area contributed by atoms with Crippen molar-refractivity contribution in [3.8, 4) is 0 Å². The molecular formula is C12H17ClN2O2. The van der Waals surface area contributed by atoms with Crippen molar-refractivity contribution in [3.63, 3.8) is 0 Å². The molecular weight excluding hydrogens is 240 g/mol. The van der Waals surface area contributed by atoms with Crippen molar-refractivity contribution in [2.45, 2.75) is 32.3 Å². The fourth-order valence-electron chi connectivity index (χ4n) is 1.13. The number of halogens is 1. The van der Waals surface area contributed by atoms with Gasteiger partial charge in [-0.2, -0.15) is 0 Å². The molecule has 5 heteroatoms. The molecule has 1 rings (SSSR count). The van der Waals surface area contributed by atoms with Crippen molar-refractivity contribution in [2.24, 2.45) is 0 Å². The number of ether oxygens (including phenoxy) is 1. The van der Waals surface area contributed by atoms with Gasteiger partial charge in [-0.05, 0) is 32.9 Å². The maximum absolute atomic E-state index is 11.8. The fraction of sp³-hybridized carbons (Fsp3) is 0.500. The Morgan fingerprint density at radius 1 is 1.47 bits per heavy atom. The summed E-state index contributed by atoms with van der Waals surface area (Å²) in [6.45, 7) is 5.48. The van der Waals surface area contributed by atoms with Gasteiger partial charge in [0.1, 0.15) is 5.60 Å². The van der Waals surface area contributed by atoms with Gasteiger partial charge in [-0.25, -0.2) is 4.79 Å². The average Bonchev–Trinajstić information content (AvgIpc) is 2.26. The van der Waals surface area contributed by atoms with E-state index in [1.165, 1.54) is 4.90 Å². The minimum atomic E-state index is -0.505. The highest BCUT2D eigenvalue weighted by atomic mass is 35.5. The number of carbonyl (C=O) groups is 1. The molecule has 0 saturated heterocycles. The minimum Gasteiger partial charge on any atom is -0.443 e. The molecule has 0 bridgehead atoms. The topological polar surface area (TPSA) is 42.4 Å². The molecule has 1 aromatic rings. The third-order valence-electron chi connectivity index (χ3n) is 2.00. The van der Waals surface area contributed by atoms with Crippen LogP contribution in [0, 0.1) is 0 Å². The lowest BCUT2D eigenvalue weighted by molar-refractivity contribution is 0.0589. The van der Waals surface area contributed by atoms with E-state index in [-0.39, 0.29) is 0 Å². The first-order valence-electron chi connectivity index (χ1n) is 5.31. The Morgan fingerprint density at radius 2 is 2.12 bits per heavy atom. The molecule has 0 aliphatic heterocycles. The molecule has 94 valence electrons. The fourth-order valence-corrected chi connectivity index (χ4v) is 1.29. The van der Waals surface area contributed by atoms with Gasteiger partial charge < -0.3 is 4.74 Å². The lowest BCUT2D eigenvalue weighted by atomic mass is 10.2. The van der Waals surface area contributed by atoms with Gasteiger partial charge in [0.15, 0.2) is 0 Å². The van der Waals surface area contributed by atoms with Crippen molar-refractivity contribution in [1.29, 1.82) is 0 Å². The van der Waals surface area contributed by atoms with Gasteiger partial charge in [0, 0.05) is 7.05 Å². The number of hydrogen-bond acceptors (Lipinski definition) is 3. The van der Waals surface area contributed by atoms with Crippen molar-refractivity contribution in [3.05, 3.63) is 24.0 Å². The number of hydrogen-bond donors (Lipinski definition) is 0. The number of rotatable bonds is 2. The molecule has 1 aromatic heterocycles. The highest BCUT2D eigenvalue weighted by Crippen LogP contribution is 2.16. The van der Waals surface area contributed by atoms with Crippen LogP contribution in [0.15, 0.2) is 18.3 Å². The van der Waals surface area contributed by atoms with Gasteiger partial charge in [-0.3, -0.25) is 9.88 Å². The predicted molar refractivity (Wildman–Crippen MR) is 68.4 cm³/mol. The maximum Gasteiger partial charge on any atom is 0.414 e. The van der Waals surface area contributed by atoms with Crippen LogP contribution in [0.2, 0.25) is 0 Å². The lowest BCUT2D eigenvalue weighted by Gasteiger charge is -2.24.